The minimum Gasteiger partial charge on any atom is -0.462 e. The summed E-state index contributed by atoms with van der Waals surface area (Å²) >= 11 is 5.57. The van der Waals surface area contributed by atoms with Gasteiger partial charge in [0, 0.05) is 12.3 Å². The molecule has 1 aromatic carbocycles. The number of aromatic nitrogens is 2. The van der Waals surface area contributed by atoms with Gasteiger partial charge < -0.3 is 10.1 Å². The Morgan fingerprint density at radius 3 is 2.68 bits per heavy atom. The fourth-order valence-electron chi connectivity index (χ4n) is 1.87. The maximum absolute atomic E-state index is 12.0. The zero-order valence-corrected chi connectivity index (χ0v) is 12.8. The SMILES string of the molecule is CCOC(=O)c1cnn(-c2ccccc2)c1NC(=O)CCCl. The number of amides is 1. The molecule has 0 radical (unpaired) electrons. The number of para-hydroxylation sites is 1. The van der Waals surface area contributed by atoms with Gasteiger partial charge in [-0.2, -0.15) is 5.10 Å². The number of hydrogen-bond donors (Lipinski definition) is 1. The number of hydrogen-bond acceptors (Lipinski definition) is 4. The summed E-state index contributed by atoms with van der Waals surface area (Å²) in [6, 6.07) is 9.18. The Balaban J connectivity index is 2.41. The second-order valence-corrected chi connectivity index (χ2v) is 4.74. The summed E-state index contributed by atoms with van der Waals surface area (Å²) in [5, 5.41) is 6.85. The fourth-order valence-corrected chi connectivity index (χ4v) is 2.04. The number of anilines is 1. The molecular weight excluding hydrogens is 306 g/mol. The van der Waals surface area contributed by atoms with Gasteiger partial charge in [0.25, 0.3) is 0 Å². The van der Waals surface area contributed by atoms with E-state index >= 15 is 0 Å². The Morgan fingerprint density at radius 2 is 2.05 bits per heavy atom. The van der Waals surface area contributed by atoms with Gasteiger partial charge in [0.1, 0.15) is 5.56 Å². The Kier molecular flexibility index (Phi) is 5.55. The smallest absolute Gasteiger partial charge is 0.343 e. The monoisotopic (exact) mass is 321 g/mol. The van der Waals surface area contributed by atoms with Crippen molar-refractivity contribution in [3.8, 4) is 5.69 Å². The van der Waals surface area contributed by atoms with Crippen LogP contribution in [0.3, 0.4) is 0 Å². The van der Waals surface area contributed by atoms with Gasteiger partial charge in [0.15, 0.2) is 5.82 Å². The van der Waals surface area contributed by atoms with Crippen LogP contribution in [0, 0.1) is 0 Å². The predicted molar refractivity (Wildman–Crippen MR) is 83.5 cm³/mol. The maximum Gasteiger partial charge on any atom is 0.343 e. The van der Waals surface area contributed by atoms with Gasteiger partial charge in [0.05, 0.1) is 18.5 Å². The summed E-state index contributed by atoms with van der Waals surface area (Å²) in [4.78, 5) is 23.8. The molecule has 1 aromatic heterocycles. The molecule has 7 heteroatoms. The molecule has 0 saturated carbocycles. The van der Waals surface area contributed by atoms with Gasteiger partial charge in [-0.1, -0.05) is 18.2 Å². The molecule has 116 valence electrons. The number of carbonyl (C=O) groups excluding carboxylic acids is 2. The van der Waals surface area contributed by atoms with E-state index in [1.807, 2.05) is 30.3 Å². The van der Waals surface area contributed by atoms with Crippen LogP contribution in [0.15, 0.2) is 36.5 Å². The van der Waals surface area contributed by atoms with Crippen LogP contribution in [-0.2, 0) is 9.53 Å². The lowest BCUT2D eigenvalue weighted by atomic mass is 10.3. The molecule has 0 saturated heterocycles. The molecule has 0 fully saturated rings. The minimum atomic E-state index is -0.536. The van der Waals surface area contributed by atoms with Crippen molar-refractivity contribution in [1.29, 1.82) is 0 Å². The van der Waals surface area contributed by atoms with E-state index in [2.05, 4.69) is 10.4 Å². The molecule has 1 heterocycles. The molecule has 0 aliphatic heterocycles. The first-order valence-corrected chi connectivity index (χ1v) is 7.37. The first-order chi connectivity index (χ1) is 10.7. The van der Waals surface area contributed by atoms with Crippen molar-refractivity contribution in [2.24, 2.45) is 0 Å². The predicted octanol–water partition coefficient (Wildman–Crippen LogP) is 2.62. The van der Waals surface area contributed by atoms with Crippen LogP contribution >= 0.6 is 11.6 Å². The fraction of sp³-hybridized carbons (Fsp3) is 0.267. The average Bonchev–Trinajstić information content (AvgIpc) is 2.92. The molecule has 0 atom stereocenters. The zero-order valence-electron chi connectivity index (χ0n) is 12.1. The highest BCUT2D eigenvalue weighted by atomic mass is 35.5. The zero-order chi connectivity index (χ0) is 15.9. The highest BCUT2D eigenvalue weighted by Crippen LogP contribution is 2.21. The summed E-state index contributed by atoms with van der Waals surface area (Å²) in [5.74, 6) is -0.357. The summed E-state index contributed by atoms with van der Waals surface area (Å²) in [7, 11) is 0. The number of esters is 1. The van der Waals surface area contributed by atoms with Gasteiger partial charge in [-0.15, -0.1) is 11.6 Å². The van der Waals surface area contributed by atoms with Crippen molar-refractivity contribution in [3.05, 3.63) is 42.1 Å². The van der Waals surface area contributed by atoms with E-state index < -0.39 is 5.97 Å². The van der Waals surface area contributed by atoms with Gasteiger partial charge in [-0.3, -0.25) is 4.79 Å². The number of ether oxygens (including phenoxy) is 1. The Bertz CT molecular complexity index is 655. The maximum atomic E-state index is 12.0. The standard InChI is InChI=1S/C15H16ClN3O3/c1-2-22-15(21)12-10-17-19(11-6-4-3-5-7-11)14(12)18-13(20)8-9-16/h3-7,10H,2,8-9H2,1H3,(H,18,20). The average molecular weight is 322 g/mol. The number of rotatable bonds is 6. The second-order valence-electron chi connectivity index (χ2n) is 4.36. The van der Waals surface area contributed by atoms with E-state index in [-0.39, 0.29) is 36.2 Å². The Morgan fingerprint density at radius 1 is 1.32 bits per heavy atom. The van der Waals surface area contributed by atoms with Crippen molar-refractivity contribution in [1.82, 2.24) is 9.78 Å². The van der Waals surface area contributed by atoms with E-state index in [9.17, 15) is 9.59 Å². The molecule has 0 spiro atoms. The third kappa shape index (κ3) is 3.65. The molecule has 2 rings (SSSR count). The molecule has 1 N–H and O–H groups in total. The third-order valence-electron chi connectivity index (χ3n) is 2.84. The molecule has 0 aliphatic carbocycles. The lowest BCUT2D eigenvalue weighted by molar-refractivity contribution is -0.115. The number of benzene rings is 1. The largest absolute Gasteiger partial charge is 0.462 e. The molecule has 0 bridgehead atoms. The van der Waals surface area contributed by atoms with E-state index in [0.717, 1.165) is 5.69 Å². The molecule has 6 nitrogen and oxygen atoms in total. The molecule has 0 unspecified atom stereocenters. The lowest BCUT2D eigenvalue weighted by Gasteiger charge is -2.10. The summed E-state index contributed by atoms with van der Waals surface area (Å²) < 4.78 is 6.47. The molecular formula is C15H16ClN3O3. The molecule has 2 aromatic rings. The van der Waals surface area contributed by atoms with Crippen LogP contribution in [0.25, 0.3) is 5.69 Å². The number of nitrogens with zero attached hydrogens (tertiary/aromatic N) is 2. The number of halogens is 1. The summed E-state index contributed by atoms with van der Waals surface area (Å²) in [5.41, 5.74) is 0.924. The van der Waals surface area contributed by atoms with Crippen molar-refractivity contribution < 1.29 is 14.3 Å². The van der Waals surface area contributed by atoms with Crippen LogP contribution < -0.4 is 5.32 Å². The minimum absolute atomic E-state index is 0.143. The quantitative estimate of drug-likeness (QED) is 0.655. The van der Waals surface area contributed by atoms with Crippen LogP contribution in [0.5, 0.6) is 0 Å². The topological polar surface area (TPSA) is 73.2 Å². The van der Waals surface area contributed by atoms with Gasteiger partial charge in [0.2, 0.25) is 5.91 Å². The van der Waals surface area contributed by atoms with Crippen LogP contribution in [0.1, 0.15) is 23.7 Å². The first-order valence-electron chi connectivity index (χ1n) is 6.83. The Labute approximate surface area is 133 Å². The number of carbonyl (C=O) groups is 2. The molecule has 22 heavy (non-hydrogen) atoms. The van der Waals surface area contributed by atoms with Crippen LogP contribution in [0.4, 0.5) is 5.82 Å². The normalized spacial score (nSPS) is 10.3. The third-order valence-corrected chi connectivity index (χ3v) is 3.03. The molecule has 1 amide bonds. The summed E-state index contributed by atoms with van der Waals surface area (Å²) in [6.45, 7) is 1.95. The number of nitrogens with one attached hydrogen (secondary N) is 1. The Hall–Kier alpha value is -2.34. The van der Waals surface area contributed by atoms with Crippen molar-refractivity contribution in [2.45, 2.75) is 13.3 Å². The van der Waals surface area contributed by atoms with Crippen molar-refractivity contribution in [2.75, 3.05) is 17.8 Å². The number of alkyl halides is 1. The van der Waals surface area contributed by atoms with E-state index in [1.54, 1.807) is 6.92 Å². The van der Waals surface area contributed by atoms with Crippen LogP contribution in [-0.4, -0.2) is 34.1 Å². The second kappa shape index (κ2) is 7.61. The van der Waals surface area contributed by atoms with Crippen LogP contribution in [0.2, 0.25) is 0 Å². The van der Waals surface area contributed by atoms with Crippen molar-refractivity contribution in [3.63, 3.8) is 0 Å². The van der Waals surface area contributed by atoms with Gasteiger partial charge in [-0.25, -0.2) is 9.48 Å². The molecule has 0 aliphatic rings. The van der Waals surface area contributed by atoms with E-state index in [0.29, 0.717) is 0 Å². The highest BCUT2D eigenvalue weighted by molar-refractivity contribution is 6.19. The van der Waals surface area contributed by atoms with Gasteiger partial charge >= 0.3 is 5.97 Å². The van der Waals surface area contributed by atoms with Gasteiger partial charge in [-0.05, 0) is 19.1 Å². The van der Waals surface area contributed by atoms with E-state index in [1.165, 1.54) is 10.9 Å². The first kappa shape index (κ1) is 16.0. The highest BCUT2D eigenvalue weighted by Gasteiger charge is 2.21. The van der Waals surface area contributed by atoms with E-state index in [4.69, 9.17) is 16.3 Å². The lowest BCUT2D eigenvalue weighted by Crippen LogP contribution is -2.18. The summed E-state index contributed by atoms with van der Waals surface area (Å²) in [6.07, 6.45) is 1.52. The van der Waals surface area contributed by atoms with Crippen molar-refractivity contribution >= 4 is 29.3 Å².